The van der Waals surface area contributed by atoms with Crippen LogP contribution in [0.1, 0.15) is 39.7 Å². The summed E-state index contributed by atoms with van der Waals surface area (Å²) < 4.78 is 13.2. The highest BCUT2D eigenvalue weighted by atomic mass is 16.6. The number of benzene rings is 2. The van der Waals surface area contributed by atoms with Crippen molar-refractivity contribution in [3.8, 4) is 17.0 Å². The second-order valence-electron chi connectivity index (χ2n) is 8.73. The van der Waals surface area contributed by atoms with Crippen molar-refractivity contribution < 1.29 is 14.3 Å². The molecule has 1 aromatic heterocycles. The molecular formula is C26H31N3O3. The van der Waals surface area contributed by atoms with Crippen LogP contribution in [0.2, 0.25) is 0 Å². The number of hydrogen-bond donors (Lipinski definition) is 1. The van der Waals surface area contributed by atoms with Gasteiger partial charge >= 0.3 is 5.97 Å². The van der Waals surface area contributed by atoms with E-state index in [1.807, 2.05) is 73.8 Å². The van der Waals surface area contributed by atoms with Crippen LogP contribution in [0.4, 0.5) is 0 Å². The predicted octanol–water partition coefficient (Wildman–Crippen LogP) is 5.52. The van der Waals surface area contributed by atoms with Crippen LogP contribution in [0, 0.1) is 11.3 Å². The Hall–Kier alpha value is -3.41. The molecule has 0 amide bonds. The van der Waals surface area contributed by atoms with E-state index in [1.165, 1.54) is 0 Å². The van der Waals surface area contributed by atoms with Gasteiger partial charge in [-0.15, -0.1) is 5.10 Å². The van der Waals surface area contributed by atoms with Crippen LogP contribution in [0.15, 0.2) is 66.9 Å². The van der Waals surface area contributed by atoms with Crippen LogP contribution in [-0.2, 0) is 22.7 Å². The van der Waals surface area contributed by atoms with Crippen LogP contribution in [0.3, 0.4) is 0 Å². The van der Waals surface area contributed by atoms with Crippen LogP contribution >= 0.6 is 0 Å². The molecule has 1 N–H and O–H groups in total. The average Bonchev–Trinajstić information content (AvgIpc) is 3.18. The number of esters is 1. The first-order chi connectivity index (χ1) is 15.3. The van der Waals surface area contributed by atoms with Crippen molar-refractivity contribution in [2.45, 2.75) is 52.9 Å². The van der Waals surface area contributed by atoms with E-state index in [9.17, 15) is 4.79 Å². The molecule has 0 aliphatic heterocycles. The highest BCUT2D eigenvalue weighted by molar-refractivity contribution is 6.35. The molecule has 168 valence electrons. The SMILES string of the molecule is CC[C@H](Cn1cc(-c2ccccc2)c(OCc2ccccc2)n1)C(=N)C(=O)OC(C)(C)C. The van der Waals surface area contributed by atoms with Gasteiger partial charge in [-0.2, -0.15) is 0 Å². The molecule has 0 saturated carbocycles. The zero-order valence-electron chi connectivity index (χ0n) is 19.2. The molecule has 0 aliphatic rings. The first kappa shape index (κ1) is 23.3. The summed E-state index contributed by atoms with van der Waals surface area (Å²) >= 11 is 0. The van der Waals surface area contributed by atoms with Gasteiger partial charge in [0.05, 0.1) is 5.56 Å². The number of carbonyl (C=O) groups excluding carboxylic acids is 1. The first-order valence-corrected chi connectivity index (χ1v) is 10.9. The van der Waals surface area contributed by atoms with Crippen molar-refractivity contribution in [3.05, 3.63) is 72.4 Å². The van der Waals surface area contributed by atoms with Crippen molar-refractivity contribution in [2.24, 2.45) is 5.92 Å². The van der Waals surface area contributed by atoms with Gasteiger partial charge in [-0.3, -0.25) is 10.1 Å². The lowest BCUT2D eigenvalue weighted by atomic mass is 10.00. The number of hydrogen-bond acceptors (Lipinski definition) is 5. The Bertz CT molecular complexity index is 1040. The second kappa shape index (κ2) is 10.3. The summed E-state index contributed by atoms with van der Waals surface area (Å²) in [4.78, 5) is 12.4. The van der Waals surface area contributed by atoms with Crippen LogP contribution in [0.25, 0.3) is 11.1 Å². The average molecular weight is 434 g/mol. The molecular weight excluding hydrogens is 402 g/mol. The topological polar surface area (TPSA) is 77.2 Å². The van der Waals surface area contributed by atoms with Crippen molar-refractivity contribution in [1.82, 2.24) is 9.78 Å². The van der Waals surface area contributed by atoms with Gasteiger partial charge in [0.15, 0.2) is 0 Å². The van der Waals surface area contributed by atoms with Gasteiger partial charge in [0, 0.05) is 18.7 Å². The Morgan fingerprint density at radius 1 is 1.06 bits per heavy atom. The normalized spacial score (nSPS) is 12.2. The number of carbonyl (C=O) groups is 1. The quantitative estimate of drug-likeness (QED) is 0.356. The summed E-state index contributed by atoms with van der Waals surface area (Å²) in [6, 6.07) is 19.9. The van der Waals surface area contributed by atoms with E-state index in [2.05, 4.69) is 5.10 Å². The summed E-state index contributed by atoms with van der Waals surface area (Å²) in [5.74, 6) is -0.366. The number of ether oxygens (including phenoxy) is 2. The lowest BCUT2D eigenvalue weighted by Crippen LogP contribution is -2.33. The fourth-order valence-corrected chi connectivity index (χ4v) is 3.30. The summed E-state index contributed by atoms with van der Waals surface area (Å²) in [7, 11) is 0. The number of nitrogens with one attached hydrogen (secondary N) is 1. The fourth-order valence-electron chi connectivity index (χ4n) is 3.30. The number of aromatic nitrogens is 2. The Morgan fingerprint density at radius 3 is 2.28 bits per heavy atom. The zero-order chi connectivity index (χ0) is 23.1. The Balaban J connectivity index is 1.82. The summed E-state index contributed by atoms with van der Waals surface area (Å²) in [6.45, 7) is 8.16. The number of nitrogens with zero attached hydrogens (tertiary/aromatic N) is 2. The molecule has 0 saturated heterocycles. The first-order valence-electron chi connectivity index (χ1n) is 10.9. The molecule has 0 aliphatic carbocycles. The van der Waals surface area contributed by atoms with Crippen LogP contribution in [0.5, 0.6) is 5.88 Å². The van der Waals surface area contributed by atoms with E-state index < -0.39 is 11.6 Å². The van der Waals surface area contributed by atoms with Crippen molar-refractivity contribution in [2.75, 3.05) is 0 Å². The van der Waals surface area contributed by atoms with Crippen molar-refractivity contribution in [3.63, 3.8) is 0 Å². The van der Waals surface area contributed by atoms with Crippen molar-refractivity contribution >= 4 is 11.7 Å². The Kier molecular flexibility index (Phi) is 7.46. The van der Waals surface area contributed by atoms with E-state index in [0.717, 1.165) is 16.7 Å². The lowest BCUT2D eigenvalue weighted by molar-refractivity contribution is -0.146. The molecule has 6 nitrogen and oxygen atoms in total. The maximum Gasteiger partial charge on any atom is 0.352 e. The molecule has 1 atom stereocenters. The highest BCUT2D eigenvalue weighted by Crippen LogP contribution is 2.30. The fraction of sp³-hybridized carbons (Fsp3) is 0.346. The minimum absolute atomic E-state index is 0.0362. The predicted molar refractivity (Wildman–Crippen MR) is 126 cm³/mol. The van der Waals surface area contributed by atoms with Gasteiger partial charge in [0.2, 0.25) is 5.88 Å². The zero-order valence-corrected chi connectivity index (χ0v) is 19.2. The Morgan fingerprint density at radius 2 is 1.69 bits per heavy atom. The second-order valence-corrected chi connectivity index (χ2v) is 8.73. The minimum atomic E-state index is -0.633. The van der Waals surface area contributed by atoms with Gasteiger partial charge in [-0.1, -0.05) is 67.6 Å². The van der Waals surface area contributed by atoms with E-state index >= 15 is 0 Å². The molecule has 6 heteroatoms. The smallest absolute Gasteiger partial charge is 0.352 e. The molecule has 32 heavy (non-hydrogen) atoms. The van der Waals surface area contributed by atoms with Gasteiger partial charge in [0.25, 0.3) is 0 Å². The van der Waals surface area contributed by atoms with Crippen LogP contribution in [-0.4, -0.2) is 27.1 Å². The molecule has 3 aromatic rings. The highest BCUT2D eigenvalue weighted by Gasteiger charge is 2.26. The van der Waals surface area contributed by atoms with Crippen LogP contribution < -0.4 is 4.74 Å². The largest absolute Gasteiger partial charge is 0.471 e. The van der Waals surface area contributed by atoms with E-state index in [4.69, 9.17) is 14.9 Å². The third-order valence-electron chi connectivity index (χ3n) is 4.96. The molecule has 0 unspecified atom stereocenters. The monoisotopic (exact) mass is 433 g/mol. The van der Waals surface area contributed by atoms with E-state index in [-0.39, 0.29) is 11.6 Å². The molecule has 0 fully saturated rings. The minimum Gasteiger partial charge on any atom is -0.471 e. The molecule has 2 aromatic carbocycles. The molecule has 1 heterocycles. The van der Waals surface area contributed by atoms with E-state index in [1.54, 1.807) is 25.5 Å². The van der Waals surface area contributed by atoms with Gasteiger partial charge in [-0.05, 0) is 38.3 Å². The van der Waals surface area contributed by atoms with Crippen molar-refractivity contribution in [1.29, 1.82) is 5.41 Å². The molecule has 0 bridgehead atoms. The third-order valence-corrected chi connectivity index (χ3v) is 4.96. The van der Waals surface area contributed by atoms with Gasteiger partial charge < -0.3 is 9.47 Å². The molecule has 0 spiro atoms. The summed E-state index contributed by atoms with van der Waals surface area (Å²) in [5, 5.41) is 13.0. The molecule has 3 rings (SSSR count). The van der Waals surface area contributed by atoms with Gasteiger partial charge in [-0.25, -0.2) is 4.79 Å². The Labute approximate surface area is 189 Å². The standard InChI is InChI=1S/C26H31N3O3/c1-5-20(23(27)25(30)32-26(2,3)4)16-29-17-22(21-14-10-7-11-15-21)24(28-29)31-18-19-12-8-6-9-13-19/h6-15,17,20,27H,5,16,18H2,1-4H3/t20-/m1/s1. The lowest BCUT2D eigenvalue weighted by Gasteiger charge is -2.22. The maximum absolute atomic E-state index is 12.4. The molecule has 0 radical (unpaired) electrons. The third kappa shape index (κ3) is 6.30. The number of rotatable bonds is 9. The van der Waals surface area contributed by atoms with E-state index in [0.29, 0.717) is 25.5 Å². The summed E-state index contributed by atoms with van der Waals surface area (Å²) in [6.07, 6.45) is 2.54. The van der Waals surface area contributed by atoms with Gasteiger partial charge in [0.1, 0.15) is 17.9 Å². The summed E-state index contributed by atoms with van der Waals surface area (Å²) in [5.41, 5.74) is 2.26. The maximum atomic E-state index is 12.4.